The molecule has 3 rings (SSSR count). The molecule has 0 saturated heterocycles. The minimum absolute atomic E-state index is 0.130. The fraction of sp³-hybridized carbons (Fsp3) is 0.286. The van der Waals surface area contributed by atoms with Crippen molar-refractivity contribution in [2.45, 2.75) is 19.9 Å². The second-order valence-electron chi connectivity index (χ2n) is 6.27. The topological polar surface area (TPSA) is 68.5 Å². The Balaban J connectivity index is 1.64. The van der Waals surface area contributed by atoms with E-state index in [0.29, 0.717) is 37.8 Å². The molecule has 0 unspecified atom stereocenters. The zero-order valence-electron chi connectivity index (χ0n) is 15.7. The molecule has 2 aromatic carbocycles. The van der Waals surface area contributed by atoms with Gasteiger partial charge in [0.2, 0.25) is 11.7 Å². The zero-order chi connectivity index (χ0) is 19.8. The fourth-order valence-corrected chi connectivity index (χ4v) is 2.77. The highest BCUT2D eigenvalue weighted by molar-refractivity contribution is 5.71. The molecular weight excluding hydrogens is 361 g/mol. The van der Waals surface area contributed by atoms with E-state index in [1.165, 1.54) is 12.1 Å². The quantitative estimate of drug-likeness (QED) is 0.527. The van der Waals surface area contributed by atoms with Gasteiger partial charge in [-0.2, -0.15) is 4.98 Å². The van der Waals surface area contributed by atoms with Gasteiger partial charge in [0.1, 0.15) is 5.82 Å². The Kier molecular flexibility index (Phi) is 6.86. The van der Waals surface area contributed by atoms with Crippen LogP contribution in [0.25, 0.3) is 11.4 Å². The number of hydrogen-bond donors (Lipinski definition) is 0. The van der Waals surface area contributed by atoms with Crippen LogP contribution in [-0.2, 0) is 22.5 Å². The summed E-state index contributed by atoms with van der Waals surface area (Å²) >= 11 is 0. The van der Waals surface area contributed by atoms with Crippen molar-refractivity contribution < 1.29 is 18.4 Å². The van der Waals surface area contributed by atoms with E-state index in [4.69, 9.17) is 9.26 Å². The van der Waals surface area contributed by atoms with E-state index in [9.17, 15) is 9.18 Å². The average Bonchev–Trinajstić information content (AvgIpc) is 3.18. The molecule has 0 amide bonds. The van der Waals surface area contributed by atoms with Crippen LogP contribution in [0.1, 0.15) is 18.4 Å². The second-order valence-corrected chi connectivity index (χ2v) is 6.27. The van der Waals surface area contributed by atoms with Crippen LogP contribution in [0.5, 0.6) is 0 Å². The third-order valence-electron chi connectivity index (χ3n) is 4.12. The maximum Gasteiger partial charge on any atom is 0.320 e. The molecule has 3 aromatic rings. The van der Waals surface area contributed by atoms with Gasteiger partial charge in [0, 0.05) is 25.1 Å². The Hall–Kier alpha value is -3.06. The monoisotopic (exact) mass is 383 g/mol. The van der Waals surface area contributed by atoms with Crippen molar-refractivity contribution in [2.24, 2.45) is 0 Å². The van der Waals surface area contributed by atoms with E-state index in [2.05, 4.69) is 10.1 Å². The lowest BCUT2D eigenvalue weighted by molar-refractivity contribution is -0.144. The van der Waals surface area contributed by atoms with Crippen LogP contribution in [0.3, 0.4) is 0 Å². The first-order valence-electron chi connectivity index (χ1n) is 9.14. The molecule has 0 bridgehead atoms. The first-order chi connectivity index (χ1) is 13.6. The standard InChI is InChI=1S/C21H22FN3O3/c1-2-27-20(26)15-25(14-16-8-10-18(22)11-9-16)13-12-19-23-21(24-28-19)17-6-4-3-5-7-17/h3-11H,2,12-15H2,1H3. The van der Waals surface area contributed by atoms with Crippen molar-refractivity contribution in [2.75, 3.05) is 19.7 Å². The van der Waals surface area contributed by atoms with Crippen molar-refractivity contribution in [3.63, 3.8) is 0 Å². The second kappa shape index (κ2) is 9.75. The molecule has 0 spiro atoms. The van der Waals surface area contributed by atoms with Gasteiger partial charge in [-0.05, 0) is 24.6 Å². The number of hydrogen-bond acceptors (Lipinski definition) is 6. The predicted octanol–water partition coefficient (Wildman–Crippen LogP) is 3.48. The van der Waals surface area contributed by atoms with Gasteiger partial charge in [-0.25, -0.2) is 4.39 Å². The Bertz CT molecular complexity index is 881. The molecule has 7 heteroatoms. The van der Waals surface area contributed by atoms with Crippen molar-refractivity contribution in [3.8, 4) is 11.4 Å². The molecule has 0 aliphatic carbocycles. The van der Waals surface area contributed by atoms with E-state index >= 15 is 0 Å². The number of ether oxygens (including phenoxy) is 1. The molecule has 0 aliphatic rings. The number of carbonyl (C=O) groups excluding carboxylic acids is 1. The lowest BCUT2D eigenvalue weighted by Gasteiger charge is -2.20. The highest BCUT2D eigenvalue weighted by Crippen LogP contribution is 2.15. The Morgan fingerprint density at radius 1 is 1.14 bits per heavy atom. The van der Waals surface area contributed by atoms with E-state index in [1.807, 2.05) is 35.2 Å². The SMILES string of the molecule is CCOC(=O)CN(CCc1nc(-c2ccccc2)no1)Cc1ccc(F)cc1. The van der Waals surface area contributed by atoms with Gasteiger partial charge in [-0.15, -0.1) is 0 Å². The number of rotatable bonds is 9. The lowest BCUT2D eigenvalue weighted by Crippen LogP contribution is -2.32. The molecule has 0 atom stereocenters. The van der Waals surface area contributed by atoms with Gasteiger partial charge in [0.25, 0.3) is 0 Å². The van der Waals surface area contributed by atoms with E-state index < -0.39 is 0 Å². The summed E-state index contributed by atoms with van der Waals surface area (Å²) in [5, 5.41) is 4.01. The summed E-state index contributed by atoms with van der Waals surface area (Å²) in [5.74, 6) is 0.429. The van der Waals surface area contributed by atoms with Crippen LogP contribution in [0.2, 0.25) is 0 Å². The average molecular weight is 383 g/mol. The van der Waals surface area contributed by atoms with Crippen LogP contribution in [0, 0.1) is 5.82 Å². The molecule has 0 saturated carbocycles. The van der Waals surface area contributed by atoms with Crippen LogP contribution in [-0.4, -0.2) is 40.7 Å². The first-order valence-corrected chi connectivity index (χ1v) is 9.14. The van der Waals surface area contributed by atoms with Gasteiger partial charge >= 0.3 is 5.97 Å². The number of halogens is 1. The summed E-state index contributed by atoms with van der Waals surface area (Å²) < 4.78 is 23.5. The number of esters is 1. The minimum Gasteiger partial charge on any atom is -0.465 e. The van der Waals surface area contributed by atoms with Crippen LogP contribution in [0.4, 0.5) is 4.39 Å². The Morgan fingerprint density at radius 2 is 1.89 bits per heavy atom. The van der Waals surface area contributed by atoms with Gasteiger partial charge < -0.3 is 9.26 Å². The smallest absolute Gasteiger partial charge is 0.320 e. The fourth-order valence-electron chi connectivity index (χ4n) is 2.77. The molecule has 6 nitrogen and oxygen atoms in total. The summed E-state index contributed by atoms with van der Waals surface area (Å²) in [5.41, 5.74) is 1.79. The highest BCUT2D eigenvalue weighted by atomic mass is 19.1. The largest absolute Gasteiger partial charge is 0.465 e. The molecule has 0 aliphatic heterocycles. The van der Waals surface area contributed by atoms with Gasteiger partial charge in [0.05, 0.1) is 13.2 Å². The van der Waals surface area contributed by atoms with Crippen LogP contribution < -0.4 is 0 Å². The van der Waals surface area contributed by atoms with Crippen LogP contribution in [0.15, 0.2) is 59.1 Å². The minimum atomic E-state index is -0.305. The summed E-state index contributed by atoms with van der Waals surface area (Å²) in [6.07, 6.45) is 0.487. The zero-order valence-corrected chi connectivity index (χ0v) is 15.7. The maximum absolute atomic E-state index is 13.1. The predicted molar refractivity (Wildman–Crippen MR) is 102 cm³/mol. The van der Waals surface area contributed by atoms with Crippen molar-refractivity contribution >= 4 is 5.97 Å². The molecule has 1 heterocycles. The molecule has 1 aromatic heterocycles. The van der Waals surface area contributed by atoms with Crippen molar-refractivity contribution in [1.82, 2.24) is 15.0 Å². The van der Waals surface area contributed by atoms with Gasteiger partial charge in [0.15, 0.2) is 0 Å². The van der Waals surface area contributed by atoms with Crippen LogP contribution >= 0.6 is 0 Å². The molecule has 0 radical (unpaired) electrons. The molecule has 146 valence electrons. The summed E-state index contributed by atoms with van der Waals surface area (Å²) in [7, 11) is 0. The Labute approximate surface area is 162 Å². The normalized spacial score (nSPS) is 11.0. The van der Waals surface area contributed by atoms with Gasteiger partial charge in [-0.3, -0.25) is 9.69 Å². The van der Waals surface area contributed by atoms with E-state index in [-0.39, 0.29) is 18.3 Å². The van der Waals surface area contributed by atoms with Crippen molar-refractivity contribution in [1.29, 1.82) is 0 Å². The summed E-state index contributed by atoms with van der Waals surface area (Å²) in [6, 6.07) is 15.8. The molecule has 28 heavy (non-hydrogen) atoms. The summed E-state index contributed by atoms with van der Waals surface area (Å²) in [4.78, 5) is 18.3. The first kappa shape index (κ1) is 19.7. The molecule has 0 N–H and O–H groups in total. The van der Waals surface area contributed by atoms with E-state index in [1.54, 1.807) is 19.1 Å². The molecule has 0 fully saturated rings. The number of nitrogens with zero attached hydrogens (tertiary/aromatic N) is 3. The maximum atomic E-state index is 13.1. The number of aromatic nitrogens is 2. The van der Waals surface area contributed by atoms with Gasteiger partial charge in [-0.1, -0.05) is 47.6 Å². The number of carbonyl (C=O) groups is 1. The number of benzene rings is 2. The summed E-state index contributed by atoms with van der Waals surface area (Å²) in [6.45, 7) is 3.23. The molecular formula is C21H22FN3O3. The highest BCUT2D eigenvalue weighted by Gasteiger charge is 2.15. The van der Waals surface area contributed by atoms with E-state index in [0.717, 1.165) is 11.1 Å². The Morgan fingerprint density at radius 3 is 2.61 bits per heavy atom. The lowest BCUT2D eigenvalue weighted by atomic mass is 10.2. The van der Waals surface area contributed by atoms with Crippen molar-refractivity contribution in [3.05, 3.63) is 71.9 Å². The third-order valence-corrected chi connectivity index (χ3v) is 4.12. The third kappa shape index (κ3) is 5.72.